The Hall–Kier alpha value is -2.06. The van der Waals surface area contributed by atoms with Crippen molar-refractivity contribution in [2.45, 2.75) is 21.3 Å². The molecule has 10 heteroatoms. The number of nitrogens with one attached hydrogen (secondary N) is 1. The minimum absolute atomic E-state index is 0. The Morgan fingerprint density at radius 3 is 1.79 bits per heavy atom. The zero-order valence-electron chi connectivity index (χ0n) is 15.0. The summed E-state index contributed by atoms with van der Waals surface area (Å²) in [6.07, 6.45) is 0. The largest absolute Gasteiger partial charge is 0.478 e. The van der Waals surface area contributed by atoms with Crippen LogP contribution >= 0.6 is 45.2 Å². The van der Waals surface area contributed by atoms with Gasteiger partial charge in [0.25, 0.3) is 0 Å². The van der Waals surface area contributed by atoms with E-state index < -0.39 is 5.97 Å². The van der Waals surface area contributed by atoms with Crippen LogP contribution in [0.15, 0.2) is 52.9 Å². The van der Waals surface area contributed by atoms with Gasteiger partial charge >= 0.3 is 5.97 Å². The molecule has 0 aliphatic heterocycles. The molecule has 0 unspecified atom stereocenters. The van der Waals surface area contributed by atoms with Gasteiger partial charge in [-0.25, -0.2) is 10.6 Å². The van der Waals surface area contributed by atoms with E-state index in [1.807, 2.05) is 29.7 Å². The first-order valence-corrected chi connectivity index (χ1v) is 9.90. The zero-order valence-corrected chi connectivity index (χ0v) is 19.3. The molecule has 0 aliphatic carbocycles. The third-order valence-corrected chi connectivity index (χ3v) is 4.35. The van der Waals surface area contributed by atoms with E-state index in [2.05, 4.69) is 61.2 Å². The molecule has 4 N–H and O–H groups in total. The Bertz CT molecular complexity index is 897. The number of rotatable bonds is 2. The standard InChI is InChI=1S/C9H7IN2O.C7H5IO2.C2H6N2O.CH4/c1-6-11-12-9(13-6)7-2-4-8(10)5-3-7;8-6-3-1-5(2-4-6)7(9)10;1-2(5)4-3;/h2-5H,1H3;1-4H,(H,9,10);3H2,1H3,(H,4,5);1H4. The van der Waals surface area contributed by atoms with E-state index in [-0.39, 0.29) is 13.3 Å². The summed E-state index contributed by atoms with van der Waals surface area (Å²) in [5.74, 6) is 4.64. The van der Waals surface area contributed by atoms with E-state index in [0.29, 0.717) is 17.3 Å². The molecule has 0 fully saturated rings. The molecule has 2 aromatic carbocycles. The number of aromatic carboxylic acids is 1. The molecule has 0 spiro atoms. The lowest BCUT2D eigenvalue weighted by Crippen LogP contribution is -2.26. The molecule has 3 aromatic rings. The van der Waals surface area contributed by atoms with Gasteiger partial charge in [0.1, 0.15) is 0 Å². The van der Waals surface area contributed by atoms with Gasteiger partial charge in [-0.3, -0.25) is 10.2 Å². The second-order valence-electron chi connectivity index (χ2n) is 5.15. The Morgan fingerprint density at radius 2 is 1.45 bits per heavy atom. The van der Waals surface area contributed by atoms with Gasteiger partial charge in [0.15, 0.2) is 0 Å². The Balaban J connectivity index is 0.000000439. The molecule has 0 saturated carbocycles. The molecule has 1 aromatic heterocycles. The van der Waals surface area contributed by atoms with E-state index in [0.717, 1.165) is 9.13 Å². The lowest BCUT2D eigenvalue weighted by Gasteiger charge is -1.93. The maximum atomic E-state index is 10.3. The summed E-state index contributed by atoms with van der Waals surface area (Å²) >= 11 is 4.38. The molecule has 0 saturated heterocycles. The predicted molar refractivity (Wildman–Crippen MR) is 128 cm³/mol. The summed E-state index contributed by atoms with van der Waals surface area (Å²) in [4.78, 5) is 19.9. The maximum Gasteiger partial charge on any atom is 0.335 e. The molecular formula is C19H22I2N4O4. The third-order valence-electron chi connectivity index (χ3n) is 2.91. The molecule has 156 valence electrons. The van der Waals surface area contributed by atoms with E-state index in [1.54, 1.807) is 31.2 Å². The van der Waals surface area contributed by atoms with Crippen molar-refractivity contribution in [1.29, 1.82) is 0 Å². The summed E-state index contributed by atoms with van der Waals surface area (Å²) < 4.78 is 7.52. The van der Waals surface area contributed by atoms with Crippen LogP contribution in [0, 0.1) is 14.1 Å². The van der Waals surface area contributed by atoms with Crippen LogP contribution in [-0.2, 0) is 4.79 Å². The van der Waals surface area contributed by atoms with Gasteiger partial charge in [-0.1, -0.05) is 7.43 Å². The van der Waals surface area contributed by atoms with Gasteiger partial charge in [0.05, 0.1) is 5.56 Å². The topological polar surface area (TPSA) is 131 Å². The van der Waals surface area contributed by atoms with Crippen LogP contribution in [-0.4, -0.2) is 27.2 Å². The number of carbonyl (C=O) groups is 2. The average Bonchev–Trinajstić information content (AvgIpc) is 3.10. The second-order valence-corrected chi connectivity index (χ2v) is 7.64. The first-order valence-electron chi connectivity index (χ1n) is 7.75. The molecule has 0 aliphatic rings. The van der Waals surface area contributed by atoms with Gasteiger partial charge in [0, 0.05) is 26.6 Å². The highest BCUT2D eigenvalue weighted by Crippen LogP contribution is 2.18. The average molecular weight is 624 g/mol. The van der Waals surface area contributed by atoms with Gasteiger partial charge in [0.2, 0.25) is 17.7 Å². The lowest BCUT2D eigenvalue weighted by atomic mass is 10.2. The number of hydrazine groups is 1. The van der Waals surface area contributed by atoms with Crippen LogP contribution in [0.25, 0.3) is 11.5 Å². The number of aryl methyl sites for hydroxylation is 1. The van der Waals surface area contributed by atoms with Crippen LogP contribution < -0.4 is 11.3 Å². The predicted octanol–water partition coefficient (Wildman–Crippen LogP) is 4.27. The van der Waals surface area contributed by atoms with Crippen molar-refractivity contribution in [1.82, 2.24) is 15.6 Å². The summed E-state index contributed by atoms with van der Waals surface area (Å²) in [5, 5.41) is 16.2. The highest BCUT2D eigenvalue weighted by molar-refractivity contribution is 14.1. The van der Waals surface area contributed by atoms with E-state index in [9.17, 15) is 9.59 Å². The first-order chi connectivity index (χ1) is 13.2. The highest BCUT2D eigenvalue weighted by atomic mass is 127. The number of amides is 1. The van der Waals surface area contributed by atoms with Crippen LogP contribution in [0.5, 0.6) is 0 Å². The third kappa shape index (κ3) is 10.9. The van der Waals surface area contributed by atoms with Crippen LogP contribution in [0.3, 0.4) is 0 Å². The van der Waals surface area contributed by atoms with Gasteiger partial charge in [-0.2, -0.15) is 0 Å². The Kier molecular flexibility index (Phi) is 13.0. The number of carbonyl (C=O) groups excluding carboxylic acids is 1. The molecule has 8 nitrogen and oxygen atoms in total. The minimum Gasteiger partial charge on any atom is -0.478 e. The van der Waals surface area contributed by atoms with Crippen LogP contribution in [0.1, 0.15) is 30.6 Å². The summed E-state index contributed by atoms with van der Waals surface area (Å²) in [5.41, 5.74) is 3.18. The van der Waals surface area contributed by atoms with Crippen molar-refractivity contribution in [3.05, 3.63) is 67.1 Å². The smallest absolute Gasteiger partial charge is 0.335 e. The number of nitrogens with two attached hydrogens (primary N) is 1. The molecule has 1 amide bonds. The zero-order chi connectivity index (χ0) is 21.1. The van der Waals surface area contributed by atoms with E-state index in [4.69, 9.17) is 9.52 Å². The number of carboxylic acids is 1. The summed E-state index contributed by atoms with van der Waals surface area (Å²) in [7, 11) is 0. The van der Waals surface area contributed by atoms with Crippen molar-refractivity contribution in [3.63, 3.8) is 0 Å². The van der Waals surface area contributed by atoms with Crippen LogP contribution in [0.4, 0.5) is 0 Å². The molecule has 3 rings (SSSR count). The SMILES string of the molecule is C.CC(=O)NN.Cc1nnc(-c2ccc(I)cc2)o1.O=C(O)c1ccc(I)cc1. The Morgan fingerprint density at radius 1 is 1.00 bits per heavy atom. The quantitative estimate of drug-likeness (QED) is 0.168. The molecular weight excluding hydrogens is 602 g/mol. The lowest BCUT2D eigenvalue weighted by molar-refractivity contribution is -0.119. The number of nitrogens with zero attached hydrogens (tertiary/aromatic N) is 2. The number of hydrogen-bond acceptors (Lipinski definition) is 6. The van der Waals surface area contributed by atoms with Crippen molar-refractivity contribution in [2.75, 3.05) is 0 Å². The number of halogens is 2. The van der Waals surface area contributed by atoms with Gasteiger partial charge in [-0.05, 0) is 93.7 Å². The number of benzene rings is 2. The molecule has 1 heterocycles. The van der Waals surface area contributed by atoms with E-state index >= 15 is 0 Å². The number of carboxylic acid groups (broad SMARTS) is 1. The first kappa shape index (κ1) is 26.9. The molecule has 29 heavy (non-hydrogen) atoms. The van der Waals surface area contributed by atoms with Crippen molar-refractivity contribution in [2.24, 2.45) is 5.84 Å². The second kappa shape index (κ2) is 14.0. The fourth-order valence-corrected chi connectivity index (χ4v) is 2.32. The van der Waals surface area contributed by atoms with Crippen molar-refractivity contribution < 1.29 is 19.1 Å². The number of hydrogen-bond donors (Lipinski definition) is 3. The normalized spacial score (nSPS) is 9.00. The number of aromatic nitrogens is 2. The molecule has 0 radical (unpaired) electrons. The molecule has 0 atom stereocenters. The van der Waals surface area contributed by atoms with E-state index in [1.165, 1.54) is 10.5 Å². The van der Waals surface area contributed by atoms with Gasteiger partial charge in [-0.15, -0.1) is 10.2 Å². The maximum absolute atomic E-state index is 10.3. The minimum atomic E-state index is -0.878. The summed E-state index contributed by atoms with van der Waals surface area (Å²) in [6.45, 7) is 3.13. The van der Waals surface area contributed by atoms with Crippen molar-refractivity contribution >= 4 is 57.1 Å². The van der Waals surface area contributed by atoms with Gasteiger partial charge < -0.3 is 9.52 Å². The molecule has 0 bridgehead atoms. The monoisotopic (exact) mass is 624 g/mol. The van der Waals surface area contributed by atoms with Crippen LogP contribution in [0.2, 0.25) is 0 Å². The fraction of sp³-hybridized carbons (Fsp3) is 0.158. The summed E-state index contributed by atoms with van der Waals surface area (Å²) in [6, 6.07) is 14.7. The fourth-order valence-electron chi connectivity index (χ4n) is 1.60. The van der Waals surface area contributed by atoms with Crippen molar-refractivity contribution in [3.8, 4) is 11.5 Å². The Labute approximate surface area is 196 Å². The highest BCUT2D eigenvalue weighted by Gasteiger charge is 2.04.